The van der Waals surface area contributed by atoms with Crippen molar-refractivity contribution in [2.75, 3.05) is 9.80 Å². The minimum atomic E-state index is 0.00162. The molecule has 0 radical (unpaired) electrons. The van der Waals surface area contributed by atoms with Crippen LogP contribution in [0.4, 0.5) is 34.1 Å². The van der Waals surface area contributed by atoms with Crippen LogP contribution in [0.1, 0.15) is 136 Å². The van der Waals surface area contributed by atoms with Gasteiger partial charge in [0.2, 0.25) is 0 Å². The van der Waals surface area contributed by atoms with Gasteiger partial charge in [0.05, 0.1) is 0 Å². The summed E-state index contributed by atoms with van der Waals surface area (Å²) in [6.45, 7) is 33.3. The lowest BCUT2D eigenvalue weighted by atomic mass is 9.33. The van der Waals surface area contributed by atoms with Crippen molar-refractivity contribution in [2.24, 2.45) is 0 Å². The molecule has 0 saturated heterocycles. The molecule has 5 aromatic carbocycles. The summed E-state index contributed by atoms with van der Waals surface area (Å²) >= 11 is 0. The van der Waals surface area contributed by atoms with Crippen molar-refractivity contribution < 1.29 is 0 Å². The van der Waals surface area contributed by atoms with Crippen molar-refractivity contribution in [2.45, 2.75) is 137 Å². The molecule has 0 atom stereocenters. The van der Waals surface area contributed by atoms with Gasteiger partial charge in [-0.25, -0.2) is 0 Å². The Morgan fingerprint density at radius 2 is 0.981 bits per heavy atom. The molecule has 0 bridgehead atoms. The number of nitrogens with zero attached hydrogens (tertiary/aromatic N) is 2. The van der Waals surface area contributed by atoms with E-state index in [1.165, 1.54) is 96.7 Å². The second kappa shape index (κ2) is 11.9. The fraction of sp³-hybridized carbons (Fsp3) is 0.412. The van der Waals surface area contributed by atoms with E-state index >= 15 is 0 Å². The molecule has 0 aromatic heterocycles. The zero-order valence-corrected chi connectivity index (χ0v) is 35.5. The standard InChI is InChI=1S/C51H61BN2/c1-32-18-23-42-40(26-32)52-41-30-38-39(51(13,14)25-24-50(38,11)12)31-45(41)54(37-28-34(48(5,6)7)27-35(29-37)49(8,9)10)44-17-15-16-43(46(44)52)53(42)36-21-19-33(20-22-36)47(2,3)4/h15-23,26-31H,24-25H2,1-14H3. The fourth-order valence-corrected chi connectivity index (χ4v) is 9.39. The zero-order chi connectivity index (χ0) is 38.9. The van der Waals surface area contributed by atoms with Crippen molar-refractivity contribution in [3.05, 3.63) is 124 Å². The summed E-state index contributed by atoms with van der Waals surface area (Å²) in [5, 5.41) is 0. The number of fused-ring (bicyclic) bond motifs is 5. The first-order valence-corrected chi connectivity index (χ1v) is 20.4. The summed E-state index contributed by atoms with van der Waals surface area (Å²) in [6.07, 6.45) is 2.38. The van der Waals surface area contributed by atoms with Crippen molar-refractivity contribution in [1.82, 2.24) is 0 Å². The van der Waals surface area contributed by atoms with Crippen LogP contribution in [0.25, 0.3) is 0 Å². The predicted octanol–water partition coefficient (Wildman–Crippen LogP) is 12.3. The van der Waals surface area contributed by atoms with Gasteiger partial charge < -0.3 is 9.80 Å². The Morgan fingerprint density at radius 1 is 0.481 bits per heavy atom. The number of hydrogen-bond donors (Lipinski definition) is 0. The van der Waals surface area contributed by atoms with Crippen LogP contribution in [0.15, 0.2) is 91.0 Å². The molecule has 3 aliphatic rings. The van der Waals surface area contributed by atoms with Crippen LogP contribution < -0.4 is 26.2 Å². The summed E-state index contributed by atoms with van der Waals surface area (Å²) in [7, 11) is 0. The molecule has 0 spiro atoms. The molecule has 0 unspecified atom stereocenters. The zero-order valence-electron chi connectivity index (χ0n) is 35.5. The van der Waals surface area contributed by atoms with Gasteiger partial charge in [-0.2, -0.15) is 0 Å². The van der Waals surface area contributed by atoms with Crippen LogP contribution >= 0.6 is 0 Å². The Bertz CT molecular complexity index is 2270. The van der Waals surface area contributed by atoms with E-state index in [1.54, 1.807) is 0 Å². The van der Waals surface area contributed by atoms with E-state index in [0.717, 1.165) is 0 Å². The lowest BCUT2D eigenvalue weighted by Gasteiger charge is -2.47. The second-order valence-electron chi connectivity index (χ2n) is 21.2. The molecular weight excluding hydrogens is 651 g/mol. The van der Waals surface area contributed by atoms with Crippen LogP contribution in [0.5, 0.6) is 0 Å². The molecule has 5 aromatic rings. The van der Waals surface area contributed by atoms with Gasteiger partial charge in [0.25, 0.3) is 6.71 Å². The highest BCUT2D eigenvalue weighted by Crippen LogP contribution is 2.51. The highest BCUT2D eigenvalue weighted by molar-refractivity contribution is 7.00. The van der Waals surface area contributed by atoms with E-state index in [9.17, 15) is 0 Å². The largest absolute Gasteiger partial charge is 0.311 e. The third kappa shape index (κ3) is 5.84. The first kappa shape index (κ1) is 36.7. The van der Waals surface area contributed by atoms with E-state index in [1.807, 2.05) is 0 Å². The highest BCUT2D eigenvalue weighted by atomic mass is 15.2. The van der Waals surface area contributed by atoms with E-state index in [-0.39, 0.29) is 33.8 Å². The van der Waals surface area contributed by atoms with Crippen LogP contribution in [0.3, 0.4) is 0 Å². The van der Waals surface area contributed by atoms with Gasteiger partial charge in [0.15, 0.2) is 0 Å². The third-order valence-electron chi connectivity index (χ3n) is 13.0. The SMILES string of the molecule is Cc1ccc2c(c1)B1c3cc4c(cc3N(c3cc(C(C)(C)C)cc(C(C)(C)C)c3)c3cccc(c31)N2c1ccc(C(C)(C)C)cc1)C(C)(C)CCC4(C)C. The molecule has 2 aliphatic heterocycles. The van der Waals surface area contributed by atoms with Crippen molar-refractivity contribution >= 4 is 57.2 Å². The van der Waals surface area contributed by atoms with E-state index in [2.05, 4.69) is 198 Å². The van der Waals surface area contributed by atoms with Crippen LogP contribution in [0, 0.1) is 6.92 Å². The lowest BCUT2D eigenvalue weighted by Crippen LogP contribution is -2.61. The maximum absolute atomic E-state index is 2.65. The third-order valence-corrected chi connectivity index (χ3v) is 13.0. The number of rotatable bonds is 2. The van der Waals surface area contributed by atoms with Crippen LogP contribution in [0.2, 0.25) is 0 Å². The van der Waals surface area contributed by atoms with Gasteiger partial charge in [-0.1, -0.05) is 138 Å². The molecule has 2 nitrogen and oxygen atoms in total. The van der Waals surface area contributed by atoms with Crippen LogP contribution in [-0.4, -0.2) is 6.71 Å². The summed E-state index contributed by atoms with van der Waals surface area (Å²) in [5.74, 6) is 0. The predicted molar refractivity (Wildman–Crippen MR) is 237 cm³/mol. The molecule has 0 saturated carbocycles. The van der Waals surface area contributed by atoms with Gasteiger partial charge in [0, 0.05) is 34.1 Å². The first-order valence-electron chi connectivity index (χ1n) is 20.4. The molecule has 1 aliphatic carbocycles. The number of anilines is 6. The quantitative estimate of drug-likeness (QED) is 0.165. The first-order chi connectivity index (χ1) is 25.1. The lowest BCUT2D eigenvalue weighted by molar-refractivity contribution is 0.332. The summed E-state index contributed by atoms with van der Waals surface area (Å²) < 4.78 is 0. The monoisotopic (exact) mass is 712 g/mol. The summed E-state index contributed by atoms with van der Waals surface area (Å²) in [6, 6.07) is 36.2. The maximum atomic E-state index is 2.65. The molecule has 3 heteroatoms. The maximum Gasteiger partial charge on any atom is 0.252 e. The van der Waals surface area contributed by atoms with E-state index < -0.39 is 0 Å². The minimum Gasteiger partial charge on any atom is -0.311 e. The summed E-state index contributed by atoms with van der Waals surface area (Å²) in [4.78, 5) is 5.19. The van der Waals surface area contributed by atoms with Gasteiger partial charge in [-0.3, -0.25) is 0 Å². The summed E-state index contributed by atoms with van der Waals surface area (Å²) in [5.41, 5.74) is 20.5. The van der Waals surface area contributed by atoms with Gasteiger partial charge >= 0.3 is 0 Å². The Balaban J connectivity index is 1.48. The average molecular weight is 713 g/mol. The highest BCUT2D eigenvalue weighted by Gasteiger charge is 2.46. The second-order valence-corrected chi connectivity index (χ2v) is 21.2. The normalized spacial score (nSPS) is 17.1. The van der Waals surface area contributed by atoms with Crippen LogP contribution in [-0.2, 0) is 27.1 Å². The van der Waals surface area contributed by atoms with E-state index in [0.29, 0.717) is 0 Å². The Hall–Kier alpha value is -4.24. The molecular formula is C51H61BN2. The van der Waals surface area contributed by atoms with Crippen molar-refractivity contribution in [3.63, 3.8) is 0 Å². The minimum absolute atomic E-state index is 0.00162. The molecule has 0 amide bonds. The Labute approximate surface area is 327 Å². The Morgan fingerprint density at radius 3 is 1.52 bits per heavy atom. The number of hydrogen-bond acceptors (Lipinski definition) is 2. The van der Waals surface area contributed by atoms with Crippen molar-refractivity contribution in [3.8, 4) is 0 Å². The molecule has 0 N–H and O–H groups in total. The van der Waals surface area contributed by atoms with Gasteiger partial charge in [-0.15, -0.1) is 0 Å². The fourth-order valence-electron chi connectivity index (χ4n) is 9.39. The topological polar surface area (TPSA) is 6.48 Å². The van der Waals surface area contributed by atoms with E-state index in [4.69, 9.17) is 0 Å². The average Bonchev–Trinajstić information content (AvgIpc) is 3.08. The smallest absolute Gasteiger partial charge is 0.252 e. The number of benzene rings is 5. The molecule has 54 heavy (non-hydrogen) atoms. The van der Waals surface area contributed by atoms with Gasteiger partial charge in [0.1, 0.15) is 0 Å². The number of aryl methyl sites for hydroxylation is 1. The molecule has 2 heterocycles. The van der Waals surface area contributed by atoms with Gasteiger partial charge in [-0.05, 0) is 140 Å². The molecule has 0 fully saturated rings. The van der Waals surface area contributed by atoms with Crippen molar-refractivity contribution in [1.29, 1.82) is 0 Å². The molecule has 8 rings (SSSR count). The molecule has 278 valence electrons. The Kier molecular flexibility index (Phi) is 8.08.